The van der Waals surface area contributed by atoms with Crippen molar-refractivity contribution in [2.24, 2.45) is 29.6 Å². The minimum atomic E-state index is -1.37. The molecule has 4 aliphatic rings. The fraction of sp³-hybridized carbons (Fsp3) is 0.857. The van der Waals surface area contributed by atoms with E-state index in [0.717, 1.165) is 11.8 Å². The van der Waals surface area contributed by atoms with E-state index in [0.29, 0.717) is 17.8 Å². The Kier molecular flexibility index (Phi) is 2.83. The van der Waals surface area contributed by atoms with Crippen molar-refractivity contribution >= 4 is 11.9 Å². The first-order valence-electron chi connectivity index (χ1n) is 7.08. The molecule has 18 heavy (non-hydrogen) atoms. The zero-order chi connectivity index (χ0) is 12.9. The van der Waals surface area contributed by atoms with Gasteiger partial charge in [-0.1, -0.05) is 0 Å². The van der Waals surface area contributed by atoms with Gasteiger partial charge in [-0.25, -0.2) is 4.79 Å². The maximum absolute atomic E-state index is 11.3. The quantitative estimate of drug-likeness (QED) is 0.733. The Bertz CT molecular complexity index is 351. The van der Waals surface area contributed by atoms with Crippen LogP contribution in [0.3, 0.4) is 0 Å². The van der Waals surface area contributed by atoms with Gasteiger partial charge in [0.05, 0.1) is 0 Å². The van der Waals surface area contributed by atoms with E-state index in [2.05, 4.69) is 5.32 Å². The fourth-order valence-electron chi connectivity index (χ4n) is 5.15. The molecule has 1 atom stereocenters. The third kappa shape index (κ3) is 1.91. The second-order valence-corrected chi connectivity index (χ2v) is 6.58. The van der Waals surface area contributed by atoms with Crippen molar-refractivity contribution in [3.63, 3.8) is 0 Å². The molecule has 4 nitrogen and oxygen atoms in total. The average molecular weight is 251 g/mol. The number of carboxylic acids is 1. The van der Waals surface area contributed by atoms with Gasteiger partial charge in [0, 0.05) is 6.04 Å². The molecule has 0 aromatic rings. The van der Waals surface area contributed by atoms with Crippen LogP contribution in [-0.2, 0) is 9.59 Å². The molecule has 2 N–H and O–H groups in total. The molecule has 4 fully saturated rings. The van der Waals surface area contributed by atoms with Gasteiger partial charge in [-0.15, -0.1) is 0 Å². The van der Waals surface area contributed by atoms with Gasteiger partial charge in [-0.2, -0.15) is 0 Å². The number of carboxylic acid groups (broad SMARTS) is 1. The molecule has 4 aliphatic carbocycles. The molecule has 100 valence electrons. The molecule has 0 heterocycles. The Morgan fingerprint density at radius 1 is 1.06 bits per heavy atom. The zero-order valence-electron chi connectivity index (χ0n) is 10.8. The van der Waals surface area contributed by atoms with Gasteiger partial charge >= 0.3 is 11.9 Å². The van der Waals surface area contributed by atoms with E-state index < -0.39 is 11.9 Å². The number of amides is 1. The van der Waals surface area contributed by atoms with Gasteiger partial charge < -0.3 is 10.4 Å². The Morgan fingerprint density at radius 3 is 2.00 bits per heavy atom. The van der Waals surface area contributed by atoms with Gasteiger partial charge in [0.1, 0.15) is 0 Å². The summed E-state index contributed by atoms with van der Waals surface area (Å²) in [6, 6.07) is 0.00333. The standard InChI is InChI=1S/C14H21NO3/c1-7(15-13(16)14(17)18)12-10-3-8-2-9(5-10)6-11(12)4-8/h7-12H,2-6H2,1H3,(H,15,16)(H,17,18). The second kappa shape index (κ2) is 4.25. The highest BCUT2D eigenvalue weighted by molar-refractivity contribution is 6.31. The second-order valence-electron chi connectivity index (χ2n) is 6.58. The molecule has 4 bridgehead atoms. The molecule has 0 spiro atoms. The highest BCUT2D eigenvalue weighted by atomic mass is 16.4. The van der Waals surface area contributed by atoms with Gasteiger partial charge in [0.2, 0.25) is 0 Å². The topological polar surface area (TPSA) is 66.4 Å². The van der Waals surface area contributed by atoms with Crippen LogP contribution in [-0.4, -0.2) is 23.0 Å². The summed E-state index contributed by atoms with van der Waals surface area (Å²) in [6.45, 7) is 1.98. The highest BCUT2D eigenvalue weighted by Crippen LogP contribution is 2.57. The summed E-state index contributed by atoms with van der Waals surface area (Å²) >= 11 is 0. The van der Waals surface area contributed by atoms with Gasteiger partial charge in [-0.3, -0.25) is 4.79 Å². The van der Waals surface area contributed by atoms with Crippen LogP contribution < -0.4 is 5.32 Å². The summed E-state index contributed by atoms with van der Waals surface area (Å²) in [5.74, 6) is 1.52. The molecule has 4 heteroatoms. The third-order valence-corrected chi connectivity index (χ3v) is 5.43. The molecule has 0 radical (unpaired) electrons. The molecule has 4 saturated carbocycles. The molecule has 0 aromatic heterocycles. The Hall–Kier alpha value is -1.06. The molecule has 1 amide bonds. The Labute approximate surface area is 107 Å². The van der Waals surface area contributed by atoms with E-state index >= 15 is 0 Å². The van der Waals surface area contributed by atoms with Crippen LogP contribution in [0, 0.1) is 29.6 Å². The van der Waals surface area contributed by atoms with Crippen molar-refractivity contribution in [1.29, 1.82) is 0 Å². The average Bonchev–Trinajstić information content (AvgIpc) is 2.26. The number of nitrogens with one attached hydrogen (secondary N) is 1. The van der Waals surface area contributed by atoms with Crippen LogP contribution in [0.25, 0.3) is 0 Å². The van der Waals surface area contributed by atoms with Crippen molar-refractivity contribution in [3.8, 4) is 0 Å². The van der Waals surface area contributed by atoms with Crippen LogP contribution in [0.4, 0.5) is 0 Å². The number of aliphatic carboxylic acids is 1. The minimum absolute atomic E-state index is 0.00333. The summed E-state index contributed by atoms with van der Waals surface area (Å²) in [6.07, 6.45) is 6.60. The number of carbonyl (C=O) groups excluding carboxylic acids is 1. The maximum Gasteiger partial charge on any atom is 0.394 e. The van der Waals surface area contributed by atoms with Crippen LogP contribution in [0.2, 0.25) is 0 Å². The Balaban J connectivity index is 1.69. The van der Waals surface area contributed by atoms with Gasteiger partial charge in [0.15, 0.2) is 0 Å². The van der Waals surface area contributed by atoms with Gasteiger partial charge in [0.25, 0.3) is 0 Å². The minimum Gasteiger partial charge on any atom is -0.474 e. The molecule has 4 rings (SSSR count). The van der Waals surface area contributed by atoms with Gasteiger partial charge in [-0.05, 0) is 68.6 Å². The fourth-order valence-corrected chi connectivity index (χ4v) is 5.15. The van der Waals surface area contributed by atoms with Crippen LogP contribution >= 0.6 is 0 Å². The first-order chi connectivity index (χ1) is 8.54. The van der Waals surface area contributed by atoms with E-state index in [-0.39, 0.29) is 6.04 Å². The van der Waals surface area contributed by atoms with Crippen molar-refractivity contribution in [2.75, 3.05) is 0 Å². The summed E-state index contributed by atoms with van der Waals surface area (Å²) < 4.78 is 0. The highest BCUT2D eigenvalue weighted by Gasteiger charge is 2.49. The van der Waals surface area contributed by atoms with E-state index in [4.69, 9.17) is 5.11 Å². The molecular formula is C14H21NO3. The van der Waals surface area contributed by atoms with E-state index in [1.54, 1.807) is 0 Å². The first-order valence-corrected chi connectivity index (χ1v) is 7.08. The normalized spacial score (nSPS) is 42.6. The predicted molar refractivity (Wildman–Crippen MR) is 65.8 cm³/mol. The van der Waals surface area contributed by atoms with E-state index in [9.17, 15) is 9.59 Å². The molecule has 0 aromatic carbocycles. The summed E-state index contributed by atoms with van der Waals surface area (Å²) in [5.41, 5.74) is 0. The predicted octanol–water partition coefficient (Wildman–Crippen LogP) is 1.65. The largest absolute Gasteiger partial charge is 0.474 e. The smallest absolute Gasteiger partial charge is 0.394 e. The van der Waals surface area contributed by atoms with Crippen LogP contribution in [0.5, 0.6) is 0 Å². The molecular weight excluding hydrogens is 230 g/mol. The van der Waals surface area contributed by atoms with E-state index in [1.165, 1.54) is 32.1 Å². The lowest BCUT2D eigenvalue weighted by Crippen LogP contribution is -2.53. The molecule has 0 saturated heterocycles. The lowest BCUT2D eigenvalue weighted by atomic mass is 9.50. The summed E-state index contributed by atoms with van der Waals surface area (Å²) in [5, 5.41) is 11.3. The van der Waals surface area contributed by atoms with Crippen LogP contribution in [0.15, 0.2) is 0 Å². The summed E-state index contributed by atoms with van der Waals surface area (Å²) in [7, 11) is 0. The van der Waals surface area contributed by atoms with Crippen LogP contribution in [0.1, 0.15) is 39.0 Å². The molecule has 0 aliphatic heterocycles. The monoisotopic (exact) mass is 251 g/mol. The van der Waals surface area contributed by atoms with Crippen molar-refractivity contribution in [1.82, 2.24) is 5.32 Å². The van der Waals surface area contributed by atoms with E-state index in [1.807, 2.05) is 6.92 Å². The number of hydrogen-bond acceptors (Lipinski definition) is 2. The first kappa shape index (κ1) is 12.0. The van der Waals surface area contributed by atoms with Crippen molar-refractivity contribution in [2.45, 2.75) is 45.1 Å². The third-order valence-electron chi connectivity index (χ3n) is 5.43. The SMILES string of the molecule is CC(NC(=O)C(=O)O)C1C2CC3CC(C2)CC1C3. The lowest BCUT2D eigenvalue weighted by Gasteiger charge is -2.56. The zero-order valence-corrected chi connectivity index (χ0v) is 10.8. The number of carbonyl (C=O) groups is 2. The molecule has 1 unspecified atom stereocenters. The Morgan fingerprint density at radius 2 is 1.56 bits per heavy atom. The number of rotatable bonds is 2. The maximum atomic E-state index is 11.3. The summed E-state index contributed by atoms with van der Waals surface area (Å²) in [4.78, 5) is 21.9. The van der Waals surface area contributed by atoms with Crippen molar-refractivity contribution in [3.05, 3.63) is 0 Å². The lowest BCUT2D eigenvalue weighted by molar-refractivity contribution is -0.151. The number of hydrogen-bond donors (Lipinski definition) is 2. The van der Waals surface area contributed by atoms with Crippen molar-refractivity contribution < 1.29 is 14.7 Å².